The van der Waals surface area contributed by atoms with E-state index in [1.807, 2.05) is 30.3 Å². The maximum absolute atomic E-state index is 14.7. The zero-order valence-corrected chi connectivity index (χ0v) is 18.5. The Bertz CT molecular complexity index is 1380. The van der Waals surface area contributed by atoms with E-state index in [1.54, 1.807) is 18.5 Å². The minimum Gasteiger partial charge on any atom is -0.396 e. The number of carbonyl (C=O) groups is 1. The fourth-order valence-electron chi connectivity index (χ4n) is 4.32. The number of aliphatic hydroxyl groups is 1. The molecule has 1 aliphatic heterocycles. The Morgan fingerprint density at radius 2 is 2.06 bits per heavy atom. The predicted molar refractivity (Wildman–Crippen MR) is 129 cm³/mol. The van der Waals surface area contributed by atoms with Crippen molar-refractivity contribution in [2.75, 3.05) is 18.5 Å². The van der Waals surface area contributed by atoms with Crippen LogP contribution in [0.4, 0.5) is 10.1 Å². The van der Waals surface area contributed by atoms with Gasteiger partial charge in [0.1, 0.15) is 5.82 Å². The quantitative estimate of drug-likeness (QED) is 0.363. The topological polar surface area (TPSA) is 94.1 Å². The van der Waals surface area contributed by atoms with Gasteiger partial charge in [0, 0.05) is 55.3 Å². The number of aromatic nitrogens is 3. The molecule has 0 aliphatic carbocycles. The van der Waals surface area contributed by atoms with Crippen molar-refractivity contribution in [2.24, 2.45) is 0 Å². The van der Waals surface area contributed by atoms with Crippen LogP contribution < -0.4 is 5.32 Å². The van der Waals surface area contributed by atoms with Gasteiger partial charge in [0.05, 0.1) is 23.6 Å². The minimum atomic E-state index is -0.467. The molecule has 3 heterocycles. The van der Waals surface area contributed by atoms with Crippen LogP contribution in [0.3, 0.4) is 0 Å². The average Bonchev–Trinajstić information content (AvgIpc) is 3.47. The Labute approximate surface area is 196 Å². The van der Waals surface area contributed by atoms with Crippen molar-refractivity contribution >= 4 is 28.7 Å². The molecule has 1 amide bonds. The summed E-state index contributed by atoms with van der Waals surface area (Å²) < 4.78 is 14.7. The fraction of sp³-hybridized carbons (Fsp3) is 0.192. The third kappa shape index (κ3) is 4.59. The largest absolute Gasteiger partial charge is 0.396 e. The summed E-state index contributed by atoms with van der Waals surface area (Å²) in [6, 6.07) is 11.3. The molecule has 2 aromatic heterocycles. The number of anilines is 1. The average molecular weight is 458 g/mol. The normalized spacial score (nSPS) is 13.6. The molecule has 2 aromatic carbocycles. The second-order valence-electron chi connectivity index (χ2n) is 8.31. The number of imidazole rings is 1. The molecule has 5 rings (SSSR count). The predicted octanol–water partition coefficient (Wildman–Crippen LogP) is 4.11. The molecule has 7 nitrogen and oxygen atoms in total. The first-order valence-corrected chi connectivity index (χ1v) is 11.1. The Morgan fingerprint density at radius 1 is 1.18 bits per heavy atom. The number of benzene rings is 2. The van der Waals surface area contributed by atoms with Gasteiger partial charge in [-0.25, -0.2) is 9.37 Å². The van der Waals surface area contributed by atoms with Crippen molar-refractivity contribution in [3.05, 3.63) is 83.7 Å². The van der Waals surface area contributed by atoms with Crippen LogP contribution in [0.1, 0.15) is 23.1 Å². The van der Waals surface area contributed by atoms with Crippen LogP contribution in [0.25, 0.3) is 28.2 Å². The summed E-state index contributed by atoms with van der Waals surface area (Å²) in [5, 5.41) is 11.9. The van der Waals surface area contributed by atoms with Gasteiger partial charge in [-0.15, -0.1) is 0 Å². The number of aromatic amines is 1. The van der Waals surface area contributed by atoms with E-state index in [0.29, 0.717) is 22.4 Å². The van der Waals surface area contributed by atoms with Crippen molar-refractivity contribution < 1.29 is 14.3 Å². The van der Waals surface area contributed by atoms with Crippen molar-refractivity contribution in [1.82, 2.24) is 19.9 Å². The monoisotopic (exact) mass is 457 g/mol. The molecule has 0 radical (unpaired) electrons. The van der Waals surface area contributed by atoms with E-state index in [-0.39, 0.29) is 12.5 Å². The van der Waals surface area contributed by atoms with Gasteiger partial charge in [0.2, 0.25) is 5.91 Å². The van der Waals surface area contributed by atoms with E-state index in [9.17, 15) is 9.18 Å². The molecule has 1 aliphatic rings. The zero-order valence-electron chi connectivity index (χ0n) is 18.5. The number of amides is 1. The highest BCUT2D eigenvalue weighted by Crippen LogP contribution is 2.29. The highest BCUT2D eigenvalue weighted by molar-refractivity contribution is 6.02. The standard InChI is InChI=1S/C26H24FN5O2/c27-22-13-28-12-18(26(22)17-3-6-23-24(11-17)30-16-29-23)4-7-25(34)31-21-5-2-19-14-32(8-1-9-33)15-20(19)10-21/h2-7,10-13,16,33H,1,8-9,14-15H2,(H,29,30)(H,31,34)/b7-4+. The number of carbonyl (C=O) groups excluding carboxylic acids is 1. The lowest BCUT2D eigenvalue weighted by Crippen LogP contribution is -2.18. The molecule has 8 heteroatoms. The lowest BCUT2D eigenvalue weighted by Gasteiger charge is -2.12. The number of fused-ring (bicyclic) bond motifs is 2. The Morgan fingerprint density at radius 3 is 2.94 bits per heavy atom. The molecular weight excluding hydrogens is 433 g/mol. The van der Waals surface area contributed by atoms with Gasteiger partial charge in [-0.2, -0.15) is 0 Å². The minimum absolute atomic E-state index is 0.181. The van der Waals surface area contributed by atoms with Gasteiger partial charge in [0.15, 0.2) is 0 Å². The van der Waals surface area contributed by atoms with Gasteiger partial charge >= 0.3 is 0 Å². The van der Waals surface area contributed by atoms with E-state index >= 15 is 0 Å². The van der Waals surface area contributed by atoms with Gasteiger partial charge in [-0.1, -0.05) is 12.1 Å². The van der Waals surface area contributed by atoms with E-state index in [1.165, 1.54) is 23.4 Å². The summed E-state index contributed by atoms with van der Waals surface area (Å²) in [6.07, 6.45) is 7.99. The number of pyridine rings is 1. The smallest absolute Gasteiger partial charge is 0.248 e. The Balaban J connectivity index is 1.32. The summed E-state index contributed by atoms with van der Waals surface area (Å²) in [7, 11) is 0. The van der Waals surface area contributed by atoms with Gasteiger partial charge in [-0.05, 0) is 53.5 Å². The van der Waals surface area contributed by atoms with Crippen molar-refractivity contribution in [3.8, 4) is 11.1 Å². The van der Waals surface area contributed by atoms with Gasteiger partial charge < -0.3 is 15.4 Å². The molecular formula is C26H24FN5O2. The number of hydrogen-bond donors (Lipinski definition) is 3. The summed E-state index contributed by atoms with van der Waals surface area (Å²) in [5.74, 6) is -0.778. The molecule has 0 saturated heterocycles. The number of aliphatic hydroxyl groups excluding tert-OH is 1. The SMILES string of the molecule is O=C(/C=C/c1cncc(F)c1-c1ccc2nc[nH]c2c1)Nc1ccc2c(c1)CN(CCCO)C2. The first-order chi connectivity index (χ1) is 16.6. The maximum Gasteiger partial charge on any atom is 0.248 e. The molecule has 0 atom stereocenters. The molecule has 172 valence electrons. The molecule has 3 N–H and O–H groups in total. The van der Waals surface area contributed by atoms with Crippen LogP contribution in [0, 0.1) is 5.82 Å². The van der Waals surface area contributed by atoms with Crippen LogP contribution in [-0.4, -0.2) is 44.0 Å². The van der Waals surface area contributed by atoms with Crippen LogP contribution in [-0.2, 0) is 17.9 Å². The molecule has 0 unspecified atom stereocenters. The number of H-pyrrole nitrogens is 1. The molecule has 34 heavy (non-hydrogen) atoms. The third-order valence-corrected chi connectivity index (χ3v) is 5.95. The van der Waals surface area contributed by atoms with Crippen LogP contribution in [0.5, 0.6) is 0 Å². The zero-order chi connectivity index (χ0) is 23.5. The molecule has 4 aromatic rings. The summed E-state index contributed by atoms with van der Waals surface area (Å²) >= 11 is 0. The second kappa shape index (κ2) is 9.54. The van der Waals surface area contributed by atoms with Crippen molar-refractivity contribution in [3.63, 3.8) is 0 Å². The van der Waals surface area contributed by atoms with Crippen LogP contribution in [0.2, 0.25) is 0 Å². The van der Waals surface area contributed by atoms with Crippen molar-refractivity contribution in [1.29, 1.82) is 0 Å². The number of nitrogens with zero attached hydrogens (tertiary/aromatic N) is 3. The van der Waals surface area contributed by atoms with E-state index in [2.05, 4.69) is 25.2 Å². The van der Waals surface area contributed by atoms with E-state index < -0.39 is 5.82 Å². The first-order valence-electron chi connectivity index (χ1n) is 11.1. The lowest BCUT2D eigenvalue weighted by molar-refractivity contribution is -0.111. The van der Waals surface area contributed by atoms with E-state index in [0.717, 1.165) is 43.3 Å². The fourth-order valence-corrected chi connectivity index (χ4v) is 4.32. The highest BCUT2D eigenvalue weighted by Gasteiger charge is 2.19. The highest BCUT2D eigenvalue weighted by atomic mass is 19.1. The van der Waals surface area contributed by atoms with Crippen LogP contribution in [0.15, 0.2) is 61.2 Å². The second-order valence-corrected chi connectivity index (χ2v) is 8.31. The summed E-state index contributed by atoms with van der Waals surface area (Å²) in [6.45, 7) is 2.67. The Hall–Kier alpha value is -3.88. The van der Waals surface area contributed by atoms with Gasteiger partial charge in [-0.3, -0.25) is 14.7 Å². The number of hydrogen-bond acceptors (Lipinski definition) is 5. The third-order valence-electron chi connectivity index (χ3n) is 5.95. The number of nitrogens with one attached hydrogen (secondary N) is 2. The molecule has 0 fully saturated rings. The maximum atomic E-state index is 14.7. The lowest BCUT2D eigenvalue weighted by atomic mass is 10.0. The van der Waals surface area contributed by atoms with E-state index in [4.69, 9.17) is 5.11 Å². The number of rotatable bonds is 7. The van der Waals surface area contributed by atoms with Gasteiger partial charge in [0.25, 0.3) is 0 Å². The first kappa shape index (κ1) is 21.9. The summed E-state index contributed by atoms with van der Waals surface area (Å²) in [4.78, 5) is 26.1. The number of halogens is 1. The Kier molecular flexibility index (Phi) is 6.16. The van der Waals surface area contributed by atoms with Crippen LogP contribution >= 0.6 is 0 Å². The van der Waals surface area contributed by atoms with Crippen molar-refractivity contribution in [2.45, 2.75) is 19.5 Å². The molecule has 0 bridgehead atoms. The molecule has 0 saturated carbocycles. The molecule has 0 spiro atoms. The summed E-state index contributed by atoms with van der Waals surface area (Å²) in [5.41, 5.74) is 6.24.